The summed E-state index contributed by atoms with van der Waals surface area (Å²) in [5.41, 5.74) is 2.74. The second kappa shape index (κ2) is 8.47. The van der Waals surface area contributed by atoms with Crippen LogP contribution in [0.1, 0.15) is 29.6 Å². The van der Waals surface area contributed by atoms with Crippen molar-refractivity contribution in [2.75, 3.05) is 23.3 Å². The predicted molar refractivity (Wildman–Crippen MR) is 124 cm³/mol. The third-order valence-corrected chi connectivity index (χ3v) is 6.81. The van der Waals surface area contributed by atoms with Crippen LogP contribution in [0.25, 0.3) is 0 Å². The Morgan fingerprint density at radius 1 is 0.742 bits per heavy atom. The fourth-order valence-electron chi connectivity index (χ4n) is 4.14. The molecule has 3 aromatic rings. The third-order valence-electron chi connectivity index (χ3n) is 5.68. The number of piperidine rings is 1. The Bertz CT molecular complexity index is 1100. The Balaban J connectivity index is 1.47. The number of urea groups is 1. The van der Waals surface area contributed by atoms with Crippen molar-refractivity contribution in [1.29, 1.82) is 0 Å². The lowest BCUT2D eigenvalue weighted by Crippen LogP contribution is -2.37. The molecule has 0 aromatic heterocycles. The van der Waals surface area contributed by atoms with E-state index in [-0.39, 0.29) is 11.9 Å². The van der Waals surface area contributed by atoms with E-state index in [1.54, 1.807) is 28.8 Å². The van der Waals surface area contributed by atoms with Crippen molar-refractivity contribution >= 4 is 40.8 Å². The van der Waals surface area contributed by atoms with Gasteiger partial charge in [0.05, 0.1) is 22.6 Å². The summed E-state index contributed by atoms with van der Waals surface area (Å²) in [6, 6.07) is 22.7. The average Bonchev–Trinajstić information content (AvgIpc) is 2.83. The number of nitrogens with one attached hydrogen (secondary N) is 1. The third kappa shape index (κ3) is 3.79. The molecule has 5 rings (SSSR count). The molecule has 0 bridgehead atoms. The lowest BCUT2D eigenvalue weighted by atomic mass is 10.1. The monoisotopic (exact) mass is 429 g/mol. The number of carbonyl (C=O) groups is 2. The number of rotatable bonds is 2. The summed E-state index contributed by atoms with van der Waals surface area (Å²) in [6.45, 7) is 1.54. The lowest BCUT2D eigenvalue weighted by molar-refractivity contribution is 0.0725. The summed E-state index contributed by atoms with van der Waals surface area (Å²) < 4.78 is 0. The molecule has 3 amide bonds. The molecule has 1 fully saturated rings. The molecule has 6 heteroatoms. The van der Waals surface area contributed by atoms with Gasteiger partial charge in [0.15, 0.2) is 0 Å². The van der Waals surface area contributed by atoms with Crippen LogP contribution in [0.2, 0.25) is 0 Å². The summed E-state index contributed by atoms with van der Waals surface area (Å²) in [7, 11) is 0. The first-order valence-electron chi connectivity index (χ1n) is 10.6. The molecule has 0 aliphatic carbocycles. The minimum atomic E-state index is -0.279. The van der Waals surface area contributed by atoms with E-state index >= 15 is 0 Å². The van der Waals surface area contributed by atoms with E-state index < -0.39 is 0 Å². The van der Waals surface area contributed by atoms with Crippen LogP contribution < -0.4 is 10.2 Å². The zero-order chi connectivity index (χ0) is 21.2. The van der Waals surface area contributed by atoms with Crippen molar-refractivity contribution in [2.45, 2.75) is 29.1 Å². The summed E-state index contributed by atoms with van der Waals surface area (Å²) in [6.07, 6.45) is 3.21. The van der Waals surface area contributed by atoms with Crippen LogP contribution >= 0.6 is 11.8 Å². The smallest absolute Gasteiger partial charge is 0.331 e. The zero-order valence-electron chi connectivity index (χ0n) is 17.1. The molecule has 0 spiro atoms. The van der Waals surface area contributed by atoms with Crippen LogP contribution in [0.3, 0.4) is 0 Å². The van der Waals surface area contributed by atoms with E-state index in [1.165, 1.54) is 0 Å². The number of nitrogens with zero attached hydrogens (tertiary/aromatic N) is 2. The van der Waals surface area contributed by atoms with Gasteiger partial charge < -0.3 is 10.2 Å². The molecular weight excluding hydrogens is 406 g/mol. The first-order chi connectivity index (χ1) is 15.2. The summed E-state index contributed by atoms with van der Waals surface area (Å²) >= 11 is 1.65. The van der Waals surface area contributed by atoms with Gasteiger partial charge in [-0.2, -0.15) is 0 Å². The van der Waals surface area contributed by atoms with Gasteiger partial charge in [-0.3, -0.25) is 9.69 Å². The van der Waals surface area contributed by atoms with E-state index in [1.807, 2.05) is 65.6 Å². The zero-order valence-corrected chi connectivity index (χ0v) is 17.9. The Kier molecular flexibility index (Phi) is 5.38. The van der Waals surface area contributed by atoms with Crippen molar-refractivity contribution in [3.05, 3.63) is 78.4 Å². The van der Waals surface area contributed by atoms with Gasteiger partial charge in [-0.1, -0.05) is 48.2 Å². The average molecular weight is 430 g/mol. The van der Waals surface area contributed by atoms with Gasteiger partial charge >= 0.3 is 6.03 Å². The number of hydrogen-bond acceptors (Lipinski definition) is 3. The van der Waals surface area contributed by atoms with Gasteiger partial charge in [-0.25, -0.2) is 4.79 Å². The second-order valence-corrected chi connectivity index (χ2v) is 8.79. The number of carbonyl (C=O) groups excluding carboxylic acids is 2. The number of fused-ring (bicyclic) bond motifs is 2. The molecular formula is C25H23N3O2S. The molecule has 0 radical (unpaired) electrons. The largest absolute Gasteiger partial charge is 0.339 e. The van der Waals surface area contributed by atoms with Gasteiger partial charge in [-0.05, 0) is 55.7 Å². The number of amides is 3. The Labute approximate surface area is 186 Å². The molecule has 1 N–H and O–H groups in total. The molecule has 2 aliphatic rings. The van der Waals surface area contributed by atoms with E-state index in [0.29, 0.717) is 11.3 Å². The number of anilines is 3. The fraction of sp³-hybridized carbons (Fsp3) is 0.200. The minimum absolute atomic E-state index is 0.0226. The van der Waals surface area contributed by atoms with Gasteiger partial charge in [0.2, 0.25) is 0 Å². The second-order valence-electron chi connectivity index (χ2n) is 7.70. The highest BCUT2D eigenvalue weighted by Crippen LogP contribution is 2.48. The van der Waals surface area contributed by atoms with Crippen LogP contribution in [0.5, 0.6) is 0 Å². The number of para-hydroxylation sites is 3. The minimum Gasteiger partial charge on any atom is -0.339 e. The maximum atomic E-state index is 13.5. The van der Waals surface area contributed by atoms with E-state index in [0.717, 1.165) is 53.5 Å². The van der Waals surface area contributed by atoms with Crippen LogP contribution in [-0.4, -0.2) is 29.9 Å². The van der Waals surface area contributed by atoms with Gasteiger partial charge in [-0.15, -0.1) is 0 Å². The first-order valence-corrected chi connectivity index (χ1v) is 11.4. The molecule has 5 nitrogen and oxygen atoms in total. The highest BCUT2D eigenvalue weighted by atomic mass is 32.2. The summed E-state index contributed by atoms with van der Waals surface area (Å²) in [5, 5.41) is 3.01. The number of benzene rings is 3. The predicted octanol–water partition coefficient (Wildman–Crippen LogP) is 6.15. The van der Waals surface area contributed by atoms with Crippen LogP contribution in [0, 0.1) is 0 Å². The number of likely N-dealkylation sites (tertiary alicyclic amines) is 1. The maximum absolute atomic E-state index is 13.5. The Hall–Kier alpha value is -3.25. The van der Waals surface area contributed by atoms with E-state index in [9.17, 15) is 9.59 Å². The standard InChI is InChI=1S/C25H23N3O2S/c29-24(27-16-8-1-9-17-27)18-10-2-3-11-19(18)26-25(30)28-20-12-4-6-14-22(20)31-23-15-7-5-13-21(23)28/h2-7,10-15H,1,8-9,16-17H2,(H,26,30). The fourth-order valence-corrected chi connectivity index (χ4v) is 5.20. The first kappa shape index (κ1) is 19.7. The van der Waals surface area contributed by atoms with Crippen LogP contribution in [0.15, 0.2) is 82.6 Å². The SMILES string of the molecule is O=C(c1ccccc1NC(=O)N1c2ccccc2Sc2ccccc21)N1CCCCC1. The summed E-state index contributed by atoms with van der Waals surface area (Å²) in [5.74, 6) is -0.0226. The van der Waals surface area contributed by atoms with Crippen molar-refractivity contribution in [1.82, 2.24) is 4.90 Å². The topological polar surface area (TPSA) is 52.7 Å². The van der Waals surface area contributed by atoms with Gasteiger partial charge in [0, 0.05) is 22.9 Å². The Morgan fingerprint density at radius 3 is 2.00 bits per heavy atom. The molecule has 0 atom stereocenters. The van der Waals surface area contributed by atoms with E-state index in [2.05, 4.69) is 5.32 Å². The van der Waals surface area contributed by atoms with Crippen molar-refractivity contribution in [3.63, 3.8) is 0 Å². The molecule has 3 aromatic carbocycles. The normalized spacial score (nSPS) is 15.1. The number of hydrogen-bond donors (Lipinski definition) is 1. The molecule has 1 saturated heterocycles. The molecule has 2 heterocycles. The highest BCUT2D eigenvalue weighted by Gasteiger charge is 2.29. The molecule has 31 heavy (non-hydrogen) atoms. The maximum Gasteiger partial charge on any atom is 0.331 e. The van der Waals surface area contributed by atoms with Gasteiger partial charge in [0.1, 0.15) is 0 Å². The summed E-state index contributed by atoms with van der Waals surface area (Å²) in [4.78, 5) is 32.3. The van der Waals surface area contributed by atoms with Crippen molar-refractivity contribution < 1.29 is 9.59 Å². The van der Waals surface area contributed by atoms with Crippen LogP contribution in [0.4, 0.5) is 21.9 Å². The molecule has 2 aliphatic heterocycles. The van der Waals surface area contributed by atoms with Gasteiger partial charge in [0.25, 0.3) is 5.91 Å². The highest BCUT2D eigenvalue weighted by molar-refractivity contribution is 7.99. The quantitative estimate of drug-likeness (QED) is 0.532. The van der Waals surface area contributed by atoms with Crippen LogP contribution in [-0.2, 0) is 0 Å². The van der Waals surface area contributed by atoms with Crippen molar-refractivity contribution in [2.24, 2.45) is 0 Å². The molecule has 156 valence electrons. The lowest BCUT2D eigenvalue weighted by Gasteiger charge is -2.31. The molecule has 0 saturated carbocycles. The molecule has 0 unspecified atom stereocenters. The van der Waals surface area contributed by atoms with Crippen molar-refractivity contribution in [3.8, 4) is 0 Å². The van der Waals surface area contributed by atoms with E-state index in [4.69, 9.17) is 0 Å². The Morgan fingerprint density at radius 2 is 1.32 bits per heavy atom.